The van der Waals surface area contributed by atoms with Crippen molar-refractivity contribution in [2.75, 3.05) is 11.1 Å². The van der Waals surface area contributed by atoms with Crippen LogP contribution in [-0.2, 0) is 0 Å². The van der Waals surface area contributed by atoms with Crippen LogP contribution in [0.25, 0.3) is 0 Å². The van der Waals surface area contributed by atoms with Gasteiger partial charge < -0.3 is 11.1 Å². The molecule has 2 aromatic rings. The highest BCUT2D eigenvalue weighted by molar-refractivity contribution is 6.31. The number of nitrogen functional groups attached to an aromatic ring is 1. The monoisotopic (exact) mass is 300 g/mol. The number of anilines is 2. The Morgan fingerprint density at radius 3 is 2.55 bits per heavy atom. The smallest absolute Gasteiger partial charge is 0.258 e. The Kier molecular flexibility index (Phi) is 3.85. The maximum Gasteiger partial charge on any atom is 0.258 e. The van der Waals surface area contributed by atoms with Crippen molar-refractivity contribution in [2.45, 2.75) is 0 Å². The van der Waals surface area contributed by atoms with Gasteiger partial charge in [0.2, 0.25) is 0 Å². The minimum absolute atomic E-state index is 0.193. The topological polar surface area (TPSA) is 55.1 Å². The van der Waals surface area contributed by atoms with Crippen LogP contribution in [0.1, 0.15) is 10.4 Å². The van der Waals surface area contributed by atoms with Crippen molar-refractivity contribution in [3.8, 4) is 0 Å². The highest BCUT2D eigenvalue weighted by atomic mass is 35.5. The number of rotatable bonds is 2. The molecule has 3 N–H and O–H groups in total. The SMILES string of the molecule is Nc1cc(C(=O)Nc2cccc(Cl)c2F)c(F)cc1F. The number of nitrogens with one attached hydrogen (secondary N) is 1. The van der Waals surface area contributed by atoms with Crippen molar-refractivity contribution >= 4 is 28.9 Å². The van der Waals surface area contributed by atoms with Crippen LogP contribution in [0.15, 0.2) is 30.3 Å². The molecule has 0 bridgehead atoms. The highest BCUT2D eigenvalue weighted by Crippen LogP contribution is 2.23. The lowest BCUT2D eigenvalue weighted by atomic mass is 10.1. The molecule has 3 nitrogen and oxygen atoms in total. The standard InChI is InChI=1S/C13H8ClF3N2O/c14-7-2-1-3-11(12(7)17)19-13(20)6-4-10(18)9(16)5-8(6)15/h1-5H,18H2,(H,19,20). The van der Waals surface area contributed by atoms with Crippen LogP contribution in [-0.4, -0.2) is 5.91 Å². The molecular formula is C13H8ClF3N2O. The lowest BCUT2D eigenvalue weighted by Gasteiger charge is -2.09. The van der Waals surface area contributed by atoms with E-state index in [9.17, 15) is 18.0 Å². The van der Waals surface area contributed by atoms with Gasteiger partial charge in [-0.2, -0.15) is 0 Å². The van der Waals surface area contributed by atoms with Gasteiger partial charge in [0.25, 0.3) is 5.91 Å². The highest BCUT2D eigenvalue weighted by Gasteiger charge is 2.17. The van der Waals surface area contributed by atoms with Crippen molar-refractivity contribution in [3.63, 3.8) is 0 Å². The first kappa shape index (κ1) is 14.2. The zero-order valence-electron chi connectivity index (χ0n) is 9.88. The van der Waals surface area contributed by atoms with E-state index in [0.29, 0.717) is 6.07 Å². The number of benzene rings is 2. The first-order chi connectivity index (χ1) is 9.40. The van der Waals surface area contributed by atoms with Gasteiger partial charge in [-0.15, -0.1) is 0 Å². The van der Waals surface area contributed by atoms with Crippen molar-refractivity contribution < 1.29 is 18.0 Å². The maximum absolute atomic E-state index is 13.6. The molecule has 0 saturated heterocycles. The van der Waals surface area contributed by atoms with E-state index < -0.39 is 28.9 Å². The summed E-state index contributed by atoms with van der Waals surface area (Å²) in [5.74, 6) is -3.89. The van der Waals surface area contributed by atoms with Gasteiger partial charge in [0.05, 0.1) is 22.0 Å². The van der Waals surface area contributed by atoms with E-state index in [0.717, 1.165) is 6.07 Å². The predicted molar refractivity (Wildman–Crippen MR) is 70.1 cm³/mol. The van der Waals surface area contributed by atoms with Crippen LogP contribution < -0.4 is 11.1 Å². The van der Waals surface area contributed by atoms with Crippen molar-refractivity contribution in [1.82, 2.24) is 0 Å². The molecule has 0 aliphatic heterocycles. The molecule has 2 rings (SSSR count). The normalized spacial score (nSPS) is 10.4. The summed E-state index contributed by atoms with van der Waals surface area (Å²) in [6.07, 6.45) is 0. The largest absolute Gasteiger partial charge is 0.396 e. The molecule has 0 fully saturated rings. The van der Waals surface area contributed by atoms with Gasteiger partial charge in [0, 0.05) is 6.07 Å². The molecule has 0 spiro atoms. The summed E-state index contributed by atoms with van der Waals surface area (Å²) in [4.78, 5) is 11.8. The molecule has 0 aromatic heterocycles. The van der Waals surface area contributed by atoms with E-state index in [1.807, 2.05) is 0 Å². The summed E-state index contributed by atoms with van der Waals surface area (Å²) in [7, 11) is 0. The molecule has 0 saturated carbocycles. The fourth-order valence-electron chi connectivity index (χ4n) is 1.53. The molecule has 0 unspecified atom stereocenters. The molecule has 2 aromatic carbocycles. The van der Waals surface area contributed by atoms with E-state index in [1.165, 1.54) is 18.2 Å². The first-order valence-electron chi connectivity index (χ1n) is 5.40. The Balaban J connectivity index is 2.33. The van der Waals surface area contributed by atoms with Crippen LogP contribution in [0, 0.1) is 17.5 Å². The summed E-state index contributed by atoms with van der Waals surface area (Å²) in [6.45, 7) is 0. The number of amides is 1. The van der Waals surface area contributed by atoms with Crippen LogP contribution >= 0.6 is 11.6 Å². The average Bonchev–Trinajstić information content (AvgIpc) is 2.39. The van der Waals surface area contributed by atoms with E-state index in [4.69, 9.17) is 17.3 Å². The fraction of sp³-hybridized carbons (Fsp3) is 0. The van der Waals surface area contributed by atoms with Gasteiger partial charge in [-0.05, 0) is 18.2 Å². The average molecular weight is 301 g/mol. The van der Waals surface area contributed by atoms with Gasteiger partial charge in [0.1, 0.15) is 11.6 Å². The zero-order chi connectivity index (χ0) is 14.9. The third kappa shape index (κ3) is 2.70. The number of hydrogen-bond acceptors (Lipinski definition) is 2. The first-order valence-corrected chi connectivity index (χ1v) is 5.78. The van der Waals surface area contributed by atoms with Gasteiger partial charge in [-0.1, -0.05) is 17.7 Å². The summed E-state index contributed by atoms with van der Waals surface area (Å²) in [6, 6.07) is 5.28. The Labute approximate surface area is 117 Å². The van der Waals surface area contributed by atoms with Gasteiger partial charge in [-0.3, -0.25) is 4.79 Å². The lowest BCUT2D eigenvalue weighted by Crippen LogP contribution is -2.15. The molecule has 1 amide bonds. The van der Waals surface area contributed by atoms with E-state index in [1.54, 1.807) is 0 Å². The van der Waals surface area contributed by atoms with E-state index in [-0.39, 0.29) is 16.4 Å². The summed E-state index contributed by atoms with van der Waals surface area (Å²) >= 11 is 5.55. The summed E-state index contributed by atoms with van der Waals surface area (Å²) < 4.78 is 40.1. The van der Waals surface area contributed by atoms with Crippen molar-refractivity contribution in [3.05, 3.63) is 58.4 Å². The van der Waals surface area contributed by atoms with Gasteiger partial charge in [-0.25, -0.2) is 13.2 Å². The Morgan fingerprint density at radius 1 is 1.15 bits per heavy atom. The molecule has 104 valence electrons. The molecule has 0 aliphatic rings. The minimum Gasteiger partial charge on any atom is -0.396 e. The molecule has 0 heterocycles. The third-order valence-corrected chi connectivity index (χ3v) is 2.82. The lowest BCUT2D eigenvalue weighted by molar-refractivity contribution is 0.102. The molecule has 0 radical (unpaired) electrons. The number of hydrogen-bond donors (Lipinski definition) is 2. The molecule has 7 heteroatoms. The van der Waals surface area contributed by atoms with E-state index in [2.05, 4.69) is 5.32 Å². The molecule has 0 atom stereocenters. The fourth-order valence-corrected chi connectivity index (χ4v) is 1.70. The number of nitrogens with two attached hydrogens (primary N) is 1. The Hall–Kier alpha value is -2.21. The second-order valence-electron chi connectivity index (χ2n) is 3.91. The Bertz CT molecular complexity index is 692. The minimum atomic E-state index is -1.10. The van der Waals surface area contributed by atoms with Crippen molar-refractivity contribution in [2.24, 2.45) is 0 Å². The van der Waals surface area contributed by atoms with Gasteiger partial charge in [0.15, 0.2) is 5.82 Å². The second kappa shape index (κ2) is 5.42. The molecular weight excluding hydrogens is 293 g/mol. The van der Waals surface area contributed by atoms with Crippen LogP contribution in [0.2, 0.25) is 5.02 Å². The summed E-state index contributed by atoms with van der Waals surface area (Å²) in [5.41, 5.74) is 4.16. The van der Waals surface area contributed by atoms with Crippen LogP contribution in [0.4, 0.5) is 24.5 Å². The Morgan fingerprint density at radius 2 is 1.85 bits per heavy atom. The quantitative estimate of drug-likeness (QED) is 0.833. The number of carbonyl (C=O) groups is 1. The maximum atomic E-state index is 13.6. The van der Waals surface area contributed by atoms with Gasteiger partial charge >= 0.3 is 0 Å². The van der Waals surface area contributed by atoms with E-state index >= 15 is 0 Å². The van der Waals surface area contributed by atoms with Crippen LogP contribution in [0.3, 0.4) is 0 Å². The molecule has 20 heavy (non-hydrogen) atoms. The third-order valence-electron chi connectivity index (χ3n) is 2.53. The van der Waals surface area contributed by atoms with Crippen LogP contribution in [0.5, 0.6) is 0 Å². The zero-order valence-corrected chi connectivity index (χ0v) is 10.6. The predicted octanol–water partition coefficient (Wildman–Crippen LogP) is 3.59. The number of carbonyl (C=O) groups excluding carboxylic acids is 1. The second-order valence-corrected chi connectivity index (χ2v) is 4.32. The van der Waals surface area contributed by atoms with Crippen molar-refractivity contribution in [1.29, 1.82) is 0 Å². The summed E-state index contributed by atoms with van der Waals surface area (Å²) in [5, 5.41) is 1.95. The molecule has 0 aliphatic carbocycles. The number of halogens is 4.